The first-order valence-corrected chi connectivity index (χ1v) is 10.9. The Morgan fingerprint density at radius 2 is 1.90 bits per heavy atom. The fourth-order valence-electron chi connectivity index (χ4n) is 4.34. The van der Waals surface area contributed by atoms with Crippen molar-refractivity contribution in [3.8, 4) is 0 Å². The number of aliphatic imine (C=N–C) groups is 1. The topological polar surface area (TPSA) is 70.4 Å². The summed E-state index contributed by atoms with van der Waals surface area (Å²) in [4.78, 5) is 11.3. The van der Waals surface area contributed by atoms with E-state index in [1.165, 1.54) is 49.9 Å². The van der Waals surface area contributed by atoms with Gasteiger partial charge < -0.3 is 10.6 Å². The van der Waals surface area contributed by atoms with Crippen molar-refractivity contribution in [3.63, 3.8) is 0 Å². The van der Waals surface area contributed by atoms with Gasteiger partial charge in [0.2, 0.25) is 0 Å². The zero-order valence-electron chi connectivity index (χ0n) is 17.9. The minimum Gasteiger partial charge on any atom is -0.352 e. The molecule has 0 amide bonds. The van der Waals surface area contributed by atoms with Gasteiger partial charge in [0, 0.05) is 32.6 Å². The smallest absolute Gasteiger partial charge is 0.191 e. The van der Waals surface area contributed by atoms with E-state index in [1.54, 1.807) is 6.33 Å². The Hall–Kier alpha value is -1.68. The van der Waals surface area contributed by atoms with Gasteiger partial charge in [0.1, 0.15) is 12.2 Å². The number of rotatable bonds is 5. The molecule has 1 unspecified atom stereocenters. The number of guanidine groups is 1. The number of fused-ring (bicyclic) bond motifs is 1. The highest BCUT2D eigenvalue weighted by atomic mass is 127. The minimum absolute atomic E-state index is 0. The number of nitrogens with zero attached hydrogens (tertiary/aromatic N) is 5. The molecule has 1 aromatic carbocycles. The van der Waals surface area contributed by atoms with E-state index in [1.807, 2.05) is 11.7 Å². The van der Waals surface area contributed by atoms with Crippen LogP contribution in [0.25, 0.3) is 0 Å². The average molecular weight is 523 g/mol. The highest BCUT2D eigenvalue weighted by molar-refractivity contribution is 14.0. The molecule has 0 spiro atoms. The van der Waals surface area contributed by atoms with Gasteiger partial charge in [0.15, 0.2) is 5.96 Å². The van der Waals surface area contributed by atoms with E-state index in [4.69, 9.17) is 0 Å². The summed E-state index contributed by atoms with van der Waals surface area (Å²) >= 11 is 0. The van der Waals surface area contributed by atoms with Crippen molar-refractivity contribution in [1.82, 2.24) is 30.3 Å². The lowest BCUT2D eigenvalue weighted by molar-refractivity contribution is 0.276. The molecule has 1 atom stereocenters. The van der Waals surface area contributed by atoms with Crippen LogP contribution in [0, 0.1) is 0 Å². The lowest BCUT2D eigenvalue weighted by atomic mass is 10.1. The maximum absolute atomic E-state index is 4.44. The van der Waals surface area contributed by atoms with Crippen molar-refractivity contribution >= 4 is 29.9 Å². The third kappa shape index (κ3) is 6.16. The zero-order valence-corrected chi connectivity index (χ0v) is 20.2. The first-order valence-electron chi connectivity index (χ1n) is 10.9. The van der Waals surface area contributed by atoms with Crippen molar-refractivity contribution < 1.29 is 0 Å². The predicted octanol–water partition coefficient (Wildman–Crippen LogP) is 2.95. The standard InChI is InChI=1S/C22H33N7.HI/c1-23-22(27-20-10-11-21-25-17-26-29(21)16-20)24-14-18-8-4-5-9-19(18)15-28-12-6-2-3-7-13-28;/h4-5,8-9,17,20H,2-3,6-7,10-16H2,1H3,(H2,23,24,27);1H. The highest BCUT2D eigenvalue weighted by Crippen LogP contribution is 2.16. The normalized spacial score (nSPS) is 20.0. The predicted molar refractivity (Wildman–Crippen MR) is 131 cm³/mol. The van der Waals surface area contributed by atoms with Gasteiger partial charge in [-0.15, -0.1) is 24.0 Å². The van der Waals surface area contributed by atoms with Gasteiger partial charge in [-0.05, 0) is 43.5 Å². The fourth-order valence-corrected chi connectivity index (χ4v) is 4.34. The van der Waals surface area contributed by atoms with E-state index in [0.717, 1.165) is 44.3 Å². The maximum Gasteiger partial charge on any atom is 0.191 e. The van der Waals surface area contributed by atoms with Crippen LogP contribution in [0.4, 0.5) is 0 Å². The molecule has 8 heteroatoms. The molecule has 30 heavy (non-hydrogen) atoms. The maximum atomic E-state index is 4.44. The van der Waals surface area contributed by atoms with Crippen molar-refractivity contribution in [2.24, 2.45) is 4.99 Å². The Bertz CT molecular complexity index is 811. The molecule has 7 nitrogen and oxygen atoms in total. The Morgan fingerprint density at radius 1 is 1.13 bits per heavy atom. The summed E-state index contributed by atoms with van der Waals surface area (Å²) in [5, 5.41) is 11.4. The summed E-state index contributed by atoms with van der Waals surface area (Å²) in [5.41, 5.74) is 2.77. The second kappa shape index (κ2) is 11.6. The first-order chi connectivity index (χ1) is 14.3. The summed E-state index contributed by atoms with van der Waals surface area (Å²) in [6.45, 7) is 5.10. The fraction of sp³-hybridized carbons (Fsp3) is 0.591. The monoisotopic (exact) mass is 523 g/mol. The Balaban J connectivity index is 0.00000256. The average Bonchev–Trinajstić information content (AvgIpc) is 3.07. The molecule has 2 aliphatic rings. The number of nitrogens with one attached hydrogen (secondary N) is 2. The van der Waals surface area contributed by atoms with Crippen molar-refractivity contribution in [1.29, 1.82) is 0 Å². The van der Waals surface area contributed by atoms with Crippen LogP contribution in [-0.2, 0) is 26.1 Å². The number of hydrogen-bond donors (Lipinski definition) is 2. The molecule has 0 aliphatic carbocycles. The van der Waals surface area contributed by atoms with Crippen LogP contribution in [0.5, 0.6) is 0 Å². The van der Waals surface area contributed by atoms with Crippen molar-refractivity contribution in [2.45, 2.75) is 64.2 Å². The Kier molecular flexibility index (Phi) is 8.92. The number of aryl methyl sites for hydroxylation is 1. The van der Waals surface area contributed by atoms with Gasteiger partial charge in [-0.25, -0.2) is 9.67 Å². The van der Waals surface area contributed by atoms with E-state index < -0.39 is 0 Å². The van der Waals surface area contributed by atoms with Gasteiger partial charge in [0.25, 0.3) is 0 Å². The summed E-state index contributed by atoms with van der Waals surface area (Å²) < 4.78 is 1.99. The number of hydrogen-bond acceptors (Lipinski definition) is 4. The lowest BCUT2D eigenvalue weighted by Gasteiger charge is -2.26. The van der Waals surface area contributed by atoms with Gasteiger partial charge >= 0.3 is 0 Å². The molecule has 3 heterocycles. The molecular formula is C22H34IN7. The largest absolute Gasteiger partial charge is 0.352 e. The van der Waals surface area contributed by atoms with Gasteiger partial charge in [-0.1, -0.05) is 37.1 Å². The van der Waals surface area contributed by atoms with E-state index in [9.17, 15) is 0 Å². The second-order valence-corrected chi connectivity index (χ2v) is 8.12. The van der Waals surface area contributed by atoms with Crippen molar-refractivity contribution in [2.75, 3.05) is 20.1 Å². The van der Waals surface area contributed by atoms with E-state index >= 15 is 0 Å². The molecule has 1 saturated heterocycles. The number of aromatic nitrogens is 3. The van der Waals surface area contributed by atoms with Crippen LogP contribution in [0.15, 0.2) is 35.6 Å². The molecule has 0 bridgehead atoms. The first kappa shape index (κ1) is 23.0. The number of benzene rings is 1. The molecule has 2 aliphatic heterocycles. The third-order valence-corrected chi connectivity index (χ3v) is 6.03. The van der Waals surface area contributed by atoms with Gasteiger partial charge in [0.05, 0.1) is 6.54 Å². The van der Waals surface area contributed by atoms with Gasteiger partial charge in [-0.3, -0.25) is 9.89 Å². The molecule has 4 rings (SSSR count). The SMILES string of the molecule is CN=C(NCc1ccccc1CN1CCCCCC1)NC1CCc2ncnn2C1.I. The molecule has 1 fully saturated rings. The number of halogens is 1. The third-order valence-electron chi connectivity index (χ3n) is 6.03. The van der Waals surface area contributed by atoms with Crippen molar-refractivity contribution in [3.05, 3.63) is 47.5 Å². The molecule has 2 N–H and O–H groups in total. The quantitative estimate of drug-likeness (QED) is 0.359. The Labute approximate surface area is 196 Å². The molecule has 1 aromatic heterocycles. The van der Waals surface area contributed by atoms with E-state index in [2.05, 4.69) is 54.9 Å². The summed E-state index contributed by atoms with van der Waals surface area (Å²) in [5.74, 6) is 1.93. The van der Waals surface area contributed by atoms with Crippen LogP contribution in [0.2, 0.25) is 0 Å². The van der Waals surface area contributed by atoms with Gasteiger partial charge in [-0.2, -0.15) is 5.10 Å². The molecule has 0 radical (unpaired) electrons. The molecule has 2 aromatic rings. The summed E-state index contributed by atoms with van der Waals surface area (Å²) in [6, 6.07) is 9.11. The summed E-state index contributed by atoms with van der Waals surface area (Å²) in [7, 11) is 1.84. The van der Waals surface area contributed by atoms with Crippen LogP contribution in [0.3, 0.4) is 0 Å². The van der Waals surface area contributed by atoms with E-state index in [-0.39, 0.29) is 24.0 Å². The second-order valence-electron chi connectivity index (χ2n) is 8.12. The van der Waals surface area contributed by atoms with E-state index in [0.29, 0.717) is 6.04 Å². The molecule has 164 valence electrons. The molecular weight excluding hydrogens is 489 g/mol. The summed E-state index contributed by atoms with van der Waals surface area (Å²) in [6.07, 6.45) is 9.04. The molecule has 0 saturated carbocycles. The van der Waals surface area contributed by atoms with Crippen LogP contribution < -0.4 is 10.6 Å². The minimum atomic E-state index is 0. The Morgan fingerprint density at radius 3 is 2.67 bits per heavy atom. The highest BCUT2D eigenvalue weighted by Gasteiger charge is 2.20. The zero-order chi connectivity index (χ0) is 19.9. The lowest BCUT2D eigenvalue weighted by Crippen LogP contribution is -2.46. The number of likely N-dealkylation sites (tertiary alicyclic amines) is 1. The van der Waals surface area contributed by atoms with Crippen LogP contribution in [-0.4, -0.2) is 51.8 Å². The van der Waals surface area contributed by atoms with Crippen LogP contribution in [0.1, 0.15) is 49.1 Å². The van der Waals surface area contributed by atoms with Crippen LogP contribution >= 0.6 is 24.0 Å².